The van der Waals surface area contributed by atoms with Gasteiger partial charge in [0.2, 0.25) is 0 Å². The predicted molar refractivity (Wildman–Crippen MR) is 247 cm³/mol. The van der Waals surface area contributed by atoms with Crippen LogP contribution in [0.2, 0.25) is 0 Å². The Morgan fingerprint density at radius 2 is 1.48 bits per heavy atom. The van der Waals surface area contributed by atoms with E-state index in [0.29, 0.717) is 5.92 Å². The van der Waals surface area contributed by atoms with Gasteiger partial charge in [-0.25, -0.2) is 0 Å². The number of para-hydroxylation sites is 2. The molecular weight excluding hydrogens is 725 g/mol. The zero-order valence-corrected chi connectivity index (χ0v) is 33.1. The highest BCUT2D eigenvalue weighted by atomic mass is 32.1. The van der Waals surface area contributed by atoms with Crippen LogP contribution in [0.5, 0.6) is 0 Å². The molecule has 2 atom stereocenters. The number of fused-ring (bicyclic) bond motifs is 10. The summed E-state index contributed by atoms with van der Waals surface area (Å²) >= 11 is 1.97. The molecule has 0 saturated heterocycles. The van der Waals surface area contributed by atoms with Crippen molar-refractivity contribution in [3.8, 4) is 16.8 Å². The number of aryl methyl sites for hydroxylation is 1. The second kappa shape index (κ2) is 13.6. The molecule has 3 nitrogen and oxygen atoms in total. The van der Waals surface area contributed by atoms with Crippen LogP contribution in [-0.2, 0) is 12.8 Å². The van der Waals surface area contributed by atoms with Gasteiger partial charge in [-0.15, -0.1) is 11.3 Å². The molecule has 3 heterocycles. The summed E-state index contributed by atoms with van der Waals surface area (Å²) in [4.78, 5) is 4.03. The molecule has 3 aromatic heterocycles. The van der Waals surface area contributed by atoms with Gasteiger partial charge in [0.25, 0.3) is 0 Å². The molecule has 0 radical (unpaired) electrons. The van der Waals surface area contributed by atoms with Gasteiger partial charge in [0.05, 0.1) is 22.6 Å². The van der Waals surface area contributed by atoms with Gasteiger partial charge < -0.3 is 13.9 Å². The number of benzene rings is 5. The SMILES string of the molecule is C1=CCC(C2=CCC(N(c3ccc(-c4cccc5c6c(sc45)CCC=C6)cc3)c3cccc4c3oc3c4ccc4c3c3c(n4-c4ccccc4)CCC=C3)C=C2)C=C1. The second-order valence-electron chi connectivity index (χ2n) is 16.1. The van der Waals surface area contributed by atoms with Gasteiger partial charge in [-0.3, -0.25) is 0 Å². The smallest absolute Gasteiger partial charge is 0.159 e. The molecule has 8 aromatic rings. The number of allylic oxidation sites excluding steroid dienone is 8. The highest BCUT2D eigenvalue weighted by Gasteiger charge is 2.28. The molecule has 2 unspecified atom stereocenters. The van der Waals surface area contributed by atoms with E-state index < -0.39 is 0 Å². The van der Waals surface area contributed by atoms with Crippen LogP contribution in [0.3, 0.4) is 0 Å². The van der Waals surface area contributed by atoms with Crippen LogP contribution in [0.25, 0.3) is 71.9 Å². The van der Waals surface area contributed by atoms with Crippen molar-refractivity contribution in [2.75, 3.05) is 4.90 Å². The average molecular weight is 767 g/mol. The molecule has 0 amide bonds. The van der Waals surface area contributed by atoms with Gasteiger partial charge in [0.1, 0.15) is 5.58 Å². The molecular formula is C54H42N2OS. The summed E-state index contributed by atoms with van der Waals surface area (Å²) in [6.45, 7) is 0. The average Bonchev–Trinajstić information content (AvgIpc) is 3.98. The minimum absolute atomic E-state index is 0.116. The summed E-state index contributed by atoms with van der Waals surface area (Å²) in [5.41, 5.74) is 14.5. The maximum atomic E-state index is 7.25. The Morgan fingerprint density at radius 1 is 0.655 bits per heavy atom. The van der Waals surface area contributed by atoms with Crippen molar-refractivity contribution in [2.45, 2.75) is 44.6 Å². The first-order valence-electron chi connectivity index (χ1n) is 20.8. The first-order valence-corrected chi connectivity index (χ1v) is 21.7. The minimum atomic E-state index is 0.116. The lowest BCUT2D eigenvalue weighted by Gasteiger charge is -2.34. The third kappa shape index (κ3) is 5.32. The van der Waals surface area contributed by atoms with E-state index in [0.717, 1.165) is 71.8 Å². The number of nitrogens with zero attached hydrogens (tertiary/aromatic N) is 2. The monoisotopic (exact) mass is 766 g/mol. The molecule has 4 aliphatic carbocycles. The summed E-state index contributed by atoms with van der Waals surface area (Å²) < 4.78 is 11.1. The normalized spacial score (nSPS) is 18.4. The zero-order chi connectivity index (χ0) is 38.2. The molecule has 280 valence electrons. The van der Waals surface area contributed by atoms with Crippen molar-refractivity contribution in [3.63, 3.8) is 0 Å². The van der Waals surface area contributed by atoms with Crippen LogP contribution in [0.4, 0.5) is 11.4 Å². The lowest BCUT2D eigenvalue weighted by Crippen LogP contribution is -2.30. The molecule has 4 heteroatoms. The van der Waals surface area contributed by atoms with E-state index in [1.165, 1.54) is 65.1 Å². The first kappa shape index (κ1) is 33.7. The maximum Gasteiger partial charge on any atom is 0.159 e. The molecule has 12 rings (SSSR count). The van der Waals surface area contributed by atoms with Gasteiger partial charge in [0, 0.05) is 54.3 Å². The fourth-order valence-corrected chi connectivity index (χ4v) is 11.4. The number of hydrogen-bond donors (Lipinski definition) is 0. The molecule has 58 heavy (non-hydrogen) atoms. The van der Waals surface area contributed by atoms with Crippen molar-refractivity contribution < 1.29 is 4.42 Å². The molecule has 0 aliphatic heterocycles. The highest BCUT2D eigenvalue weighted by Crippen LogP contribution is 2.46. The minimum Gasteiger partial charge on any atom is -0.453 e. The lowest BCUT2D eigenvalue weighted by molar-refractivity contribution is 0.666. The Labute approximate surface area is 342 Å². The summed E-state index contributed by atoms with van der Waals surface area (Å²) in [6.07, 6.45) is 31.8. The largest absolute Gasteiger partial charge is 0.453 e. The van der Waals surface area contributed by atoms with E-state index in [4.69, 9.17) is 4.42 Å². The van der Waals surface area contributed by atoms with Crippen LogP contribution < -0.4 is 4.90 Å². The second-order valence-corrected chi connectivity index (χ2v) is 17.2. The Balaban J connectivity index is 1.01. The van der Waals surface area contributed by atoms with E-state index in [9.17, 15) is 0 Å². The molecule has 0 bridgehead atoms. The number of thiophene rings is 1. The van der Waals surface area contributed by atoms with Crippen molar-refractivity contribution >= 4 is 77.8 Å². The topological polar surface area (TPSA) is 21.3 Å². The van der Waals surface area contributed by atoms with Gasteiger partial charge in [-0.2, -0.15) is 0 Å². The number of aromatic nitrogens is 1. The van der Waals surface area contributed by atoms with Crippen LogP contribution in [-0.4, -0.2) is 10.6 Å². The Hall–Kier alpha value is -6.36. The summed E-state index contributed by atoms with van der Waals surface area (Å²) in [5.74, 6) is 0.431. The first-order chi connectivity index (χ1) is 28.8. The fourth-order valence-electron chi connectivity index (χ4n) is 10.0. The molecule has 4 aliphatic rings. The Kier molecular flexibility index (Phi) is 7.94. The van der Waals surface area contributed by atoms with Crippen LogP contribution in [0, 0.1) is 5.92 Å². The van der Waals surface area contributed by atoms with Crippen molar-refractivity contribution in [1.29, 1.82) is 0 Å². The molecule has 5 aromatic carbocycles. The number of anilines is 2. The van der Waals surface area contributed by atoms with E-state index in [2.05, 4.69) is 179 Å². The number of hydrogen-bond acceptors (Lipinski definition) is 3. The highest BCUT2D eigenvalue weighted by molar-refractivity contribution is 7.20. The van der Waals surface area contributed by atoms with E-state index in [1.807, 2.05) is 11.3 Å². The Morgan fingerprint density at radius 3 is 2.33 bits per heavy atom. The lowest BCUT2D eigenvalue weighted by atomic mass is 9.87. The number of rotatable bonds is 6. The molecule has 0 fully saturated rings. The predicted octanol–water partition coefficient (Wildman–Crippen LogP) is 14.9. The van der Waals surface area contributed by atoms with E-state index in [-0.39, 0.29) is 6.04 Å². The zero-order valence-electron chi connectivity index (χ0n) is 32.3. The molecule has 0 spiro atoms. The third-order valence-electron chi connectivity index (χ3n) is 12.8. The maximum absolute atomic E-state index is 7.25. The Bertz CT molecular complexity index is 3120. The summed E-state index contributed by atoms with van der Waals surface area (Å²) in [6, 6.07) is 38.3. The van der Waals surface area contributed by atoms with Crippen molar-refractivity contribution in [3.05, 3.63) is 185 Å². The van der Waals surface area contributed by atoms with Crippen LogP contribution in [0.1, 0.15) is 47.4 Å². The third-order valence-corrected chi connectivity index (χ3v) is 14.1. The summed E-state index contributed by atoms with van der Waals surface area (Å²) in [5, 5.41) is 4.88. The van der Waals surface area contributed by atoms with E-state index in [1.54, 1.807) is 0 Å². The van der Waals surface area contributed by atoms with Crippen LogP contribution >= 0.6 is 11.3 Å². The van der Waals surface area contributed by atoms with Gasteiger partial charge in [-0.05, 0) is 103 Å². The summed E-state index contributed by atoms with van der Waals surface area (Å²) in [7, 11) is 0. The molecule has 0 N–H and O–H groups in total. The van der Waals surface area contributed by atoms with Crippen molar-refractivity contribution in [2.24, 2.45) is 5.92 Å². The van der Waals surface area contributed by atoms with Gasteiger partial charge in [-0.1, -0.05) is 127 Å². The van der Waals surface area contributed by atoms with Gasteiger partial charge in [0.15, 0.2) is 5.58 Å². The van der Waals surface area contributed by atoms with Crippen LogP contribution in [0.15, 0.2) is 168 Å². The fraction of sp³-hybridized carbons (Fsp3) is 0.148. The van der Waals surface area contributed by atoms with E-state index >= 15 is 0 Å². The quantitative estimate of drug-likeness (QED) is 0.168. The van der Waals surface area contributed by atoms with Gasteiger partial charge >= 0.3 is 0 Å². The number of furan rings is 1. The molecule has 0 saturated carbocycles. The van der Waals surface area contributed by atoms with Crippen molar-refractivity contribution in [1.82, 2.24) is 4.57 Å². The standard InChI is InChI=1S/C54H42N2OS/c1-3-13-35(14-4-1)36-25-29-39(30-26-36)55(40-31-27-37(28-32-40)41-19-11-21-45-42-17-8-10-24-50(42)58-54(41)45)49-23-12-20-43-44-33-34-48-51(53(44)57-52(43)49)46-18-7-9-22-47(46)56(48)38-15-5-2-6-16-38/h1-8,11-13,15-21,23,25-29,31-35,39H,9-10,14,22,24,30H2.